The van der Waals surface area contributed by atoms with Crippen LogP contribution in [0.15, 0.2) is 94.9 Å². The van der Waals surface area contributed by atoms with Crippen LogP contribution in [0.1, 0.15) is 69.6 Å². The molecular formula is C51H74N14O11. The summed E-state index contributed by atoms with van der Waals surface area (Å²) in [6, 6.07) is 12.2. The number of aliphatic hydroxyl groups is 1. The molecule has 414 valence electrons. The molecule has 0 radical (unpaired) electrons. The number of aliphatic carboxylic acids is 1. The van der Waals surface area contributed by atoms with Gasteiger partial charge in [-0.25, -0.2) is 4.79 Å². The molecule has 3 aromatic rings. The van der Waals surface area contributed by atoms with Gasteiger partial charge in [0.1, 0.15) is 54.1 Å². The number of aliphatic imine (C=N–C) groups is 2. The number of carbonyl (C=O) groups excluding carboxylic acids is 7. The number of aromatic hydroxyl groups is 1. The number of benzene rings is 3. The Bertz CT molecular complexity index is 2440. The lowest BCUT2D eigenvalue weighted by molar-refractivity contribution is -0.142. The first-order chi connectivity index (χ1) is 36.1. The topological polar surface area (TPSA) is 436 Å². The molecule has 76 heavy (non-hydrogen) atoms. The number of phenolic OH excluding ortho intramolecular Hbond substituents is 1. The number of carboxylic acid groups (broad SMARTS) is 1. The number of guanidine groups is 2. The monoisotopic (exact) mass is 1060 g/mol. The van der Waals surface area contributed by atoms with E-state index in [1.54, 1.807) is 74.5 Å². The molecule has 25 nitrogen and oxygen atoms in total. The molecule has 0 fully saturated rings. The number of carboxylic acids is 1. The van der Waals surface area contributed by atoms with Crippen LogP contribution >= 0.6 is 0 Å². The third-order valence-electron chi connectivity index (χ3n) is 11.6. The molecule has 3 rings (SSSR count). The van der Waals surface area contributed by atoms with Gasteiger partial charge in [-0.2, -0.15) is 0 Å². The molecule has 0 spiro atoms. The molecule has 0 unspecified atom stereocenters. The van der Waals surface area contributed by atoms with Crippen LogP contribution in [0.3, 0.4) is 0 Å². The second-order valence-corrected chi connectivity index (χ2v) is 18.5. The van der Waals surface area contributed by atoms with E-state index in [1.807, 2.05) is 0 Å². The fourth-order valence-electron chi connectivity index (χ4n) is 7.56. The van der Waals surface area contributed by atoms with E-state index in [-0.39, 0.29) is 88.0 Å². The summed E-state index contributed by atoms with van der Waals surface area (Å²) < 4.78 is 0. The van der Waals surface area contributed by atoms with Crippen molar-refractivity contribution >= 4 is 59.2 Å². The van der Waals surface area contributed by atoms with E-state index < -0.39 is 102 Å². The van der Waals surface area contributed by atoms with E-state index in [0.29, 0.717) is 16.7 Å². The average Bonchev–Trinajstić information content (AvgIpc) is 3.37. The minimum Gasteiger partial charge on any atom is -0.508 e. The maximum atomic E-state index is 14.7. The first-order valence-electron chi connectivity index (χ1n) is 24.7. The Balaban J connectivity index is 2.02. The second kappa shape index (κ2) is 32.1. The summed E-state index contributed by atoms with van der Waals surface area (Å²) in [5.74, 6) is -7.68. The van der Waals surface area contributed by atoms with E-state index in [9.17, 15) is 53.7 Å². The molecule has 0 saturated carbocycles. The predicted molar refractivity (Wildman–Crippen MR) is 283 cm³/mol. The van der Waals surface area contributed by atoms with Crippen molar-refractivity contribution in [3.63, 3.8) is 0 Å². The minimum atomic E-state index is -1.44. The van der Waals surface area contributed by atoms with Crippen LogP contribution in [-0.4, -0.2) is 143 Å². The lowest BCUT2D eigenvalue weighted by Gasteiger charge is -2.28. The Kier molecular flexibility index (Phi) is 26.2. The van der Waals surface area contributed by atoms with Gasteiger partial charge < -0.3 is 81.2 Å². The maximum absolute atomic E-state index is 14.7. The van der Waals surface area contributed by atoms with Gasteiger partial charge in [-0.1, -0.05) is 86.6 Å². The summed E-state index contributed by atoms with van der Waals surface area (Å²) in [5, 5.41) is 47.6. The van der Waals surface area contributed by atoms with Crippen molar-refractivity contribution in [2.75, 3.05) is 19.7 Å². The van der Waals surface area contributed by atoms with Gasteiger partial charge in [0, 0.05) is 32.4 Å². The molecule has 0 aliphatic rings. The summed E-state index contributed by atoms with van der Waals surface area (Å²) in [6.07, 6.45) is -0.0605. The Labute approximate surface area is 441 Å². The van der Waals surface area contributed by atoms with Crippen LogP contribution in [-0.2, 0) is 57.6 Å². The Morgan fingerprint density at radius 2 is 0.842 bits per heavy atom. The maximum Gasteiger partial charge on any atom is 0.326 e. The van der Waals surface area contributed by atoms with Crippen LogP contribution in [0, 0.1) is 5.92 Å². The van der Waals surface area contributed by atoms with Crippen molar-refractivity contribution in [3.05, 3.63) is 102 Å². The standard InChI is InChI=1S/C51H74N14O11/c1-29(2)24-41(49(75)76)65-42(68)30(3)59-44(70)36(16-10-22-57-50(53)54)61-46(72)38(25-31-12-6-4-7-13-31)63-47(73)39(26-32-14-8-5-9-15-32)64-48(74)40(27-33-18-20-34(67)21-19-33)62-45(71)37(17-11-23-58-51(55)56)60-43(69)35(52)28-66/h4-9,12-15,18-21,29-30,35-41,66-67H,10-11,16-17,22-28,52H2,1-3H3,(H,59,70)(H,60,69)(H,61,72)(H,62,71)(H,63,73)(H,64,74)(H,65,68)(H,75,76)(H4,53,54,57)(H4,55,56,58)/t30-,35-,36-,37-,38-,39-,40-,41-/m0/s1. The molecule has 25 heteroatoms. The highest BCUT2D eigenvalue weighted by molar-refractivity contribution is 5.98. The summed E-state index contributed by atoms with van der Waals surface area (Å²) >= 11 is 0. The number of rotatable bonds is 32. The predicted octanol–water partition coefficient (Wildman–Crippen LogP) is -2.61. The molecule has 7 amide bonds. The summed E-state index contributed by atoms with van der Waals surface area (Å²) in [6.45, 7) is 4.33. The number of aliphatic hydroxyl groups excluding tert-OH is 1. The zero-order chi connectivity index (χ0) is 56.3. The first kappa shape index (κ1) is 62.0. The zero-order valence-electron chi connectivity index (χ0n) is 42.9. The van der Waals surface area contributed by atoms with Gasteiger partial charge in [0.2, 0.25) is 41.4 Å². The second-order valence-electron chi connectivity index (χ2n) is 18.5. The molecular weight excluding hydrogens is 985 g/mol. The smallest absolute Gasteiger partial charge is 0.326 e. The van der Waals surface area contributed by atoms with Gasteiger partial charge in [0.05, 0.1) is 6.61 Å². The van der Waals surface area contributed by atoms with E-state index >= 15 is 0 Å². The normalized spacial score (nSPS) is 14.1. The molecule has 0 bridgehead atoms. The minimum absolute atomic E-state index is 0.0389. The molecule has 0 aromatic heterocycles. The van der Waals surface area contributed by atoms with Crippen molar-refractivity contribution in [1.29, 1.82) is 0 Å². The van der Waals surface area contributed by atoms with Gasteiger partial charge in [0.15, 0.2) is 11.9 Å². The average molecular weight is 1060 g/mol. The number of carbonyl (C=O) groups is 8. The van der Waals surface area contributed by atoms with Crippen LogP contribution in [0.4, 0.5) is 0 Å². The zero-order valence-corrected chi connectivity index (χ0v) is 42.9. The summed E-state index contributed by atoms with van der Waals surface area (Å²) in [7, 11) is 0. The van der Waals surface area contributed by atoms with Crippen LogP contribution < -0.4 is 65.9 Å². The number of hydrogen-bond donors (Lipinski definition) is 15. The molecule has 20 N–H and O–H groups in total. The fourth-order valence-corrected chi connectivity index (χ4v) is 7.56. The third-order valence-corrected chi connectivity index (χ3v) is 11.6. The highest BCUT2D eigenvalue weighted by atomic mass is 16.4. The molecule has 3 aromatic carbocycles. The molecule has 8 atom stereocenters. The molecule has 0 aliphatic heterocycles. The Morgan fingerprint density at radius 3 is 1.22 bits per heavy atom. The van der Waals surface area contributed by atoms with Crippen molar-refractivity contribution in [2.45, 2.75) is 120 Å². The number of nitrogens with two attached hydrogens (primary N) is 5. The summed E-state index contributed by atoms with van der Waals surface area (Å²) in [4.78, 5) is 118. The number of phenols is 1. The number of amides is 7. The van der Waals surface area contributed by atoms with E-state index in [4.69, 9.17) is 28.7 Å². The third kappa shape index (κ3) is 22.8. The van der Waals surface area contributed by atoms with Gasteiger partial charge >= 0.3 is 5.97 Å². The highest BCUT2D eigenvalue weighted by Crippen LogP contribution is 2.14. The number of nitrogens with one attached hydrogen (secondary N) is 7. The van der Waals surface area contributed by atoms with Gasteiger partial charge in [-0.15, -0.1) is 0 Å². The fraction of sp³-hybridized carbons (Fsp3) is 0.451. The van der Waals surface area contributed by atoms with Crippen molar-refractivity contribution in [2.24, 2.45) is 44.6 Å². The largest absolute Gasteiger partial charge is 0.508 e. The first-order valence-corrected chi connectivity index (χ1v) is 24.7. The number of nitrogens with zero attached hydrogens (tertiary/aromatic N) is 2. The van der Waals surface area contributed by atoms with E-state index in [0.717, 1.165) is 0 Å². The number of hydrogen-bond acceptors (Lipinski definition) is 13. The van der Waals surface area contributed by atoms with Crippen LogP contribution in [0.5, 0.6) is 5.75 Å². The van der Waals surface area contributed by atoms with Crippen molar-refractivity contribution in [1.82, 2.24) is 37.2 Å². The van der Waals surface area contributed by atoms with Crippen molar-refractivity contribution < 1.29 is 53.7 Å². The van der Waals surface area contributed by atoms with Crippen LogP contribution in [0.2, 0.25) is 0 Å². The van der Waals surface area contributed by atoms with Crippen LogP contribution in [0.25, 0.3) is 0 Å². The van der Waals surface area contributed by atoms with Gasteiger partial charge in [0.25, 0.3) is 0 Å². The molecule has 0 aliphatic carbocycles. The molecule has 0 heterocycles. The van der Waals surface area contributed by atoms with Gasteiger partial charge in [-0.3, -0.25) is 43.5 Å². The molecule has 0 saturated heterocycles. The summed E-state index contributed by atoms with van der Waals surface area (Å²) in [5.41, 5.74) is 29.3. The lowest BCUT2D eigenvalue weighted by Crippen LogP contribution is -2.61. The Hall–Kier alpha value is -8.32. The lowest BCUT2D eigenvalue weighted by atomic mass is 10.00. The quantitative estimate of drug-likeness (QED) is 0.0173. The van der Waals surface area contributed by atoms with Crippen molar-refractivity contribution in [3.8, 4) is 5.75 Å². The van der Waals surface area contributed by atoms with Gasteiger partial charge in [-0.05, 0) is 73.8 Å². The Morgan fingerprint density at radius 1 is 0.487 bits per heavy atom. The SMILES string of the molecule is CC(C)C[C@H](NC(=O)[C@H](C)NC(=O)[C@H](CCCN=C(N)N)NC(=O)[C@H](Cc1ccccc1)NC(=O)[C@H](Cc1ccccc1)NC(=O)[C@H](Cc1ccc(O)cc1)NC(=O)[C@H](CCCN=C(N)N)NC(=O)[C@@H](N)CO)C(=O)O. The van der Waals surface area contributed by atoms with E-state index in [1.165, 1.54) is 31.2 Å². The highest BCUT2D eigenvalue weighted by Gasteiger charge is 2.34. The van der Waals surface area contributed by atoms with E-state index in [2.05, 4.69) is 47.2 Å².